The maximum atomic E-state index is 11.8. The van der Waals surface area contributed by atoms with Gasteiger partial charge >= 0.3 is 29.4 Å². The van der Waals surface area contributed by atoms with Crippen molar-refractivity contribution in [2.75, 3.05) is 18.9 Å². The number of aliphatic hydroxyl groups is 2. The van der Waals surface area contributed by atoms with Gasteiger partial charge in [-0.3, -0.25) is 13.9 Å². The molecule has 0 bridgehead atoms. The third kappa shape index (κ3) is 11.2. The minimum Gasteiger partial charge on any atom is -0.480 e. The molecular weight excluding hydrogens is 703 g/mol. The highest BCUT2D eigenvalue weighted by Crippen LogP contribution is 2.66. The van der Waals surface area contributed by atoms with Crippen LogP contribution in [0.15, 0.2) is 25.2 Å². The average Bonchev–Trinajstić information content (AvgIpc) is 3.67. The zero-order valence-corrected chi connectivity index (χ0v) is 26.2. The van der Waals surface area contributed by atoms with E-state index in [0.717, 1.165) is 6.33 Å². The predicted molar refractivity (Wildman–Crippen MR) is 151 cm³/mol. The molecule has 1 aliphatic rings. The van der Waals surface area contributed by atoms with Crippen molar-refractivity contribution in [3.8, 4) is 0 Å². The predicted octanol–water partition coefficient (Wildman–Crippen LogP) is -2.76. The number of nitrogens with zero attached hydrogens (tertiary/aromatic N) is 5. The van der Waals surface area contributed by atoms with E-state index in [1.807, 2.05) is 0 Å². The number of hydrogen-bond acceptors (Lipinski definition) is 17. The van der Waals surface area contributed by atoms with Crippen molar-refractivity contribution in [2.45, 2.75) is 43.4 Å². The molecule has 7 atom stereocenters. The van der Waals surface area contributed by atoms with E-state index in [1.54, 1.807) is 0 Å². The van der Waals surface area contributed by atoms with Crippen molar-refractivity contribution in [1.29, 1.82) is 0 Å². The molecule has 1 amide bonds. The number of carboxylic acid groups (broad SMARTS) is 1. The van der Waals surface area contributed by atoms with Gasteiger partial charge in [0.1, 0.15) is 36.2 Å². The van der Waals surface area contributed by atoms with Gasteiger partial charge in [-0.05, 0) is 0 Å². The summed E-state index contributed by atoms with van der Waals surface area (Å²) >= 11 is 0. The Morgan fingerprint density at radius 1 is 1.09 bits per heavy atom. The maximum Gasteiger partial charge on any atom is 0.490 e. The number of fused-ring (bicyclic) bond motifs is 1. The number of ether oxygens (including phenoxy) is 1. The average molecular weight is 733 g/mol. The minimum absolute atomic E-state index is 0.0426. The van der Waals surface area contributed by atoms with E-state index >= 15 is 0 Å². The SMILES string of the molecule is NCCC(=O)N[C@@H](Cc1cnc[nH]1)C(=O)O.Nc1ncnc2c1ncn2[C@@H]1O[C@H](COP(=O)(O)OP(=O)(O)OP(=O)(O)O)[C@@H](O)[C@H]1O. The van der Waals surface area contributed by atoms with E-state index in [1.165, 1.54) is 23.4 Å². The van der Waals surface area contributed by atoms with Crippen molar-refractivity contribution < 1.29 is 76.1 Å². The minimum atomic E-state index is -5.70. The monoisotopic (exact) mass is 733 g/mol. The second-order valence-electron chi connectivity index (χ2n) is 9.29. The molecule has 4 heterocycles. The molecule has 13 N–H and O–H groups in total. The van der Waals surface area contributed by atoms with Crippen LogP contribution in [0.1, 0.15) is 18.3 Å². The number of aromatic amines is 1. The molecule has 262 valence electrons. The molecule has 25 nitrogen and oxygen atoms in total. The van der Waals surface area contributed by atoms with Gasteiger partial charge in [-0.2, -0.15) is 8.62 Å². The lowest BCUT2D eigenvalue weighted by Crippen LogP contribution is -2.42. The molecule has 3 aromatic rings. The summed E-state index contributed by atoms with van der Waals surface area (Å²) in [5, 5.41) is 31.7. The summed E-state index contributed by atoms with van der Waals surface area (Å²) in [6, 6.07) is -0.959. The lowest BCUT2D eigenvalue weighted by Gasteiger charge is -2.19. The molecule has 1 saturated heterocycles. The van der Waals surface area contributed by atoms with Crippen molar-refractivity contribution in [2.24, 2.45) is 5.73 Å². The van der Waals surface area contributed by atoms with Crippen molar-refractivity contribution in [1.82, 2.24) is 34.8 Å². The second-order valence-corrected chi connectivity index (χ2v) is 13.7. The lowest BCUT2D eigenvalue weighted by atomic mass is 10.1. The number of rotatable bonds is 14. The first kappa shape index (κ1) is 38.2. The summed E-state index contributed by atoms with van der Waals surface area (Å²) in [7, 11) is -16.7. The Labute approximate surface area is 262 Å². The van der Waals surface area contributed by atoms with Crippen LogP contribution < -0.4 is 16.8 Å². The van der Waals surface area contributed by atoms with Crippen LogP contribution in [0.2, 0.25) is 0 Å². The fraction of sp³-hybridized carbons (Fsp3) is 0.474. The zero-order valence-electron chi connectivity index (χ0n) is 23.6. The first-order valence-corrected chi connectivity index (χ1v) is 17.3. The van der Waals surface area contributed by atoms with Crippen LogP contribution in [-0.4, -0.2) is 114 Å². The number of hydrogen-bond donors (Lipinski definition) is 11. The highest BCUT2D eigenvalue weighted by atomic mass is 31.3. The summed E-state index contributed by atoms with van der Waals surface area (Å²) in [5.74, 6) is -1.41. The Morgan fingerprint density at radius 2 is 1.79 bits per heavy atom. The van der Waals surface area contributed by atoms with Gasteiger partial charge in [-0.25, -0.2) is 38.4 Å². The molecule has 0 aliphatic carbocycles. The van der Waals surface area contributed by atoms with E-state index in [-0.39, 0.29) is 42.3 Å². The molecule has 0 radical (unpaired) electrons. The molecule has 47 heavy (non-hydrogen) atoms. The Hall–Kier alpha value is -3.25. The van der Waals surface area contributed by atoms with Crippen LogP contribution in [-0.2, 0) is 47.6 Å². The number of phosphoric ester groups is 1. The van der Waals surface area contributed by atoms with Crippen molar-refractivity contribution >= 4 is 52.3 Å². The smallest absolute Gasteiger partial charge is 0.480 e. The molecule has 1 fully saturated rings. The van der Waals surface area contributed by atoms with E-state index in [4.69, 9.17) is 36.0 Å². The first-order valence-electron chi connectivity index (χ1n) is 12.7. The molecule has 0 spiro atoms. The van der Waals surface area contributed by atoms with Gasteiger partial charge < -0.3 is 61.4 Å². The molecule has 3 aromatic heterocycles. The number of H-pyrrole nitrogens is 1. The molecule has 0 aromatic carbocycles. The van der Waals surface area contributed by atoms with E-state index in [2.05, 4.69) is 43.4 Å². The normalized spacial score (nSPS) is 22.9. The third-order valence-corrected chi connectivity index (χ3v) is 9.60. The standard InChI is InChI=1S/C10H16N5O13P3.C9H14N4O3/c11-8-5-9(13-2-12-8)15(3-14-5)10-7(17)6(16)4(26-10)1-25-30(21,22)28-31(23,24)27-29(18,19)20;10-2-1-8(14)13-7(9(15)16)3-6-4-11-5-12-6/h2-4,6-7,10,16-17H,1H2,(H,21,22)(H,23,24)(H2,11,12,13)(H2,18,19,20);4-5,7H,1-3,10H2,(H,11,12)(H,13,14)(H,15,16)/t4-,6-,7-,10-;7-/m10/s1. The quantitative estimate of drug-likeness (QED) is 0.0747. The van der Waals surface area contributed by atoms with Crippen LogP contribution >= 0.6 is 23.5 Å². The Balaban J connectivity index is 0.000000316. The van der Waals surface area contributed by atoms with Crippen LogP contribution in [0.25, 0.3) is 11.2 Å². The van der Waals surface area contributed by atoms with E-state index < -0.39 is 66.6 Å². The summed E-state index contributed by atoms with van der Waals surface area (Å²) in [4.78, 5) is 75.9. The van der Waals surface area contributed by atoms with Gasteiger partial charge in [-0.15, -0.1) is 0 Å². The molecule has 2 unspecified atom stereocenters. The van der Waals surface area contributed by atoms with Crippen LogP contribution in [0.4, 0.5) is 5.82 Å². The highest BCUT2D eigenvalue weighted by molar-refractivity contribution is 7.66. The van der Waals surface area contributed by atoms with Crippen LogP contribution in [0.3, 0.4) is 0 Å². The number of imidazole rings is 2. The Morgan fingerprint density at radius 3 is 2.38 bits per heavy atom. The molecule has 28 heteroatoms. The number of carbonyl (C=O) groups excluding carboxylic acids is 1. The Kier molecular flexibility index (Phi) is 12.8. The van der Waals surface area contributed by atoms with Crippen molar-refractivity contribution in [3.05, 3.63) is 30.9 Å². The molecular formula is C19H30N9O16P3. The number of phosphoric acid groups is 3. The van der Waals surface area contributed by atoms with Crippen LogP contribution in [0, 0.1) is 0 Å². The molecule has 4 rings (SSSR count). The van der Waals surface area contributed by atoms with Gasteiger partial charge in [0, 0.05) is 31.3 Å². The van der Waals surface area contributed by atoms with Gasteiger partial charge in [-0.1, -0.05) is 0 Å². The van der Waals surface area contributed by atoms with Gasteiger partial charge in [0.05, 0.1) is 19.3 Å². The fourth-order valence-electron chi connectivity index (χ4n) is 3.84. The largest absolute Gasteiger partial charge is 0.490 e. The van der Waals surface area contributed by atoms with E-state index in [9.17, 15) is 38.4 Å². The maximum absolute atomic E-state index is 11.8. The van der Waals surface area contributed by atoms with Gasteiger partial charge in [0.15, 0.2) is 17.7 Å². The van der Waals surface area contributed by atoms with E-state index in [0.29, 0.717) is 5.69 Å². The number of nitrogens with two attached hydrogens (primary N) is 2. The topological polar surface area (TPSA) is 400 Å². The number of nitrogens with one attached hydrogen (secondary N) is 2. The number of carbonyl (C=O) groups is 2. The van der Waals surface area contributed by atoms with Crippen molar-refractivity contribution in [3.63, 3.8) is 0 Å². The summed E-state index contributed by atoms with van der Waals surface area (Å²) in [5.41, 5.74) is 11.8. The number of aliphatic hydroxyl groups excluding tert-OH is 2. The zero-order chi connectivity index (χ0) is 35.2. The third-order valence-electron chi connectivity index (χ3n) is 5.80. The summed E-state index contributed by atoms with van der Waals surface area (Å²) < 4.78 is 51.9. The number of anilines is 1. The molecule has 1 aliphatic heterocycles. The van der Waals surface area contributed by atoms with Crippen LogP contribution in [0.5, 0.6) is 0 Å². The summed E-state index contributed by atoms with van der Waals surface area (Å²) in [6.45, 7) is -0.760. The number of nitrogen functional groups attached to an aromatic ring is 1. The number of aliphatic carboxylic acids is 1. The second kappa shape index (κ2) is 15.8. The van der Waals surface area contributed by atoms with Gasteiger partial charge in [0.25, 0.3) is 0 Å². The fourth-order valence-corrected chi connectivity index (χ4v) is 6.87. The Bertz CT molecular complexity index is 1670. The highest BCUT2D eigenvalue weighted by Gasteiger charge is 2.47. The van der Waals surface area contributed by atoms with Gasteiger partial charge in [0.2, 0.25) is 5.91 Å². The number of carboxylic acids is 1. The number of amides is 1. The first-order chi connectivity index (χ1) is 21.8. The number of aromatic nitrogens is 6. The lowest BCUT2D eigenvalue weighted by molar-refractivity contribution is -0.141. The summed E-state index contributed by atoms with van der Waals surface area (Å²) in [6.07, 6.45) is -0.428. The molecule has 0 saturated carbocycles.